The quantitative estimate of drug-likeness (QED) is 0.938. The highest BCUT2D eigenvalue weighted by Gasteiger charge is 2.14. The average Bonchev–Trinajstić information content (AvgIpc) is 3.08. The van der Waals surface area contributed by atoms with Crippen molar-refractivity contribution in [2.45, 2.75) is 13.1 Å². The summed E-state index contributed by atoms with van der Waals surface area (Å²) in [6.45, 7) is 1.12. The number of rotatable bonds is 4. The Morgan fingerprint density at radius 2 is 1.88 bits per heavy atom. The van der Waals surface area contributed by atoms with Gasteiger partial charge in [0.25, 0.3) is 0 Å². The molecule has 2 aromatic carbocycles. The Morgan fingerprint density at radius 3 is 2.62 bits per heavy atom. The fraction of sp³-hybridized carbons (Fsp3) is 0.222. The van der Waals surface area contributed by atoms with Gasteiger partial charge in [-0.15, -0.1) is 0 Å². The third-order valence-electron chi connectivity index (χ3n) is 3.73. The van der Waals surface area contributed by atoms with Crippen LogP contribution in [0, 0.1) is 11.3 Å². The maximum Gasteiger partial charge on any atom is 0.317 e. The third kappa shape index (κ3) is 3.58. The summed E-state index contributed by atoms with van der Waals surface area (Å²) in [5.41, 5.74) is 2.52. The van der Waals surface area contributed by atoms with Gasteiger partial charge in [-0.1, -0.05) is 18.2 Å². The lowest BCUT2D eigenvalue weighted by molar-refractivity contribution is 0.174. The van der Waals surface area contributed by atoms with Gasteiger partial charge in [0.1, 0.15) is 0 Å². The van der Waals surface area contributed by atoms with Gasteiger partial charge in [-0.3, -0.25) is 0 Å². The molecule has 0 aliphatic carbocycles. The van der Waals surface area contributed by atoms with Crippen LogP contribution in [0.25, 0.3) is 0 Å². The molecule has 1 N–H and O–H groups in total. The number of ether oxygens (including phenoxy) is 2. The number of amides is 2. The number of nitrogens with zero attached hydrogens (tertiary/aromatic N) is 2. The zero-order chi connectivity index (χ0) is 16.9. The molecular formula is C18H17N3O3. The van der Waals surface area contributed by atoms with Crippen molar-refractivity contribution in [2.24, 2.45) is 0 Å². The Kier molecular flexibility index (Phi) is 4.52. The van der Waals surface area contributed by atoms with E-state index in [0.29, 0.717) is 24.4 Å². The molecule has 3 rings (SSSR count). The summed E-state index contributed by atoms with van der Waals surface area (Å²) >= 11 is 0. The summed E-state index contributed by atoms with van der Waals surface area (Å²) in [5.74, 6) is 1.43. The van der Waals surface area contributed by atoms with Crippen molar-refractivity contribution in [3.8, 4) is 17.6 Å². The van der Waals surface area contributed by atoms with Crippen LogP contribution in [-0.2, 0) is 13.1 Å². The lowest BCUT2D eigenvalue weighted by atomic mass is 10.1. The second-order valence-electron chi connectivity index (χ2n) is 5.51. The molecule has 0 unspecified atom stereocenters. The molecule has 24 heavy (non-hydrogen) atoms. The first-order valence-corrected chi connectivity index (χ1v) is 7.52. The van der Waals surface area contributed by atoms with E-state index in [2.05, 4.69) is 11.4 Å². The number of hydrogen-bond donors (Lipinski definition) is 1. The molecule has 0 spiro atoms. The van der Waals surface area contributed by atoms with Crippen molar-refractivity contribution in [3.63, 3.8) is 0 Å². The highest BCUT2D eigenvalue weighted by atomic mass is 16.7. The molecule has 0 radical (unpaired) electrons. The standard InChI is InChI=1S/C18H17N3O3/c1-21(11-14-4-2-13(9-19)3-5-14)18(22)20-10-15-6-7-16-17(8-15)24-12-23-16/h2-8H,10-12H2,1H3,(H,20,22). The Labute approximate surface area is 140 Å². The summed E-state index contributed by atoms with van der Waals surface area (Å²) in [7, 11) is 1.73. The van der Waals surface area contributed by atoms with E-state index < -0.39 is 0 Å². The van der Waals surface area contributed by atoms with E-state index in [4.69, 9.17) is 14.7 Å². The number of benzene rings is 2. The van der Waals surface area contributed by atoms with Gasteiger partial charge in [0.2, 0.25) is 6.79 Å². The van der Waals surface area contributed by atoms with Crippen molar-refractivity contribution in [3.05, 3.63) is 59.2 Å². The third-order valence-corrected chi connectivity index (χ3v) is 3.73. The van der Waals surface area contributed by atoms with Crippen LogP contribution in [0.4, 0.5) is 4.79 Å². The summed E-state index contributed by atoms with van der Waals surface area (Å²) in [5, 5.41) is 11.7. The van der Waals surface area contributed by atoms with Gasteiger partial charge in [0.05, 0.1) is 11.6 Å². The molecule has 6 heteroatoms. The van der Waals surface area contributed by atoms with Crippen molar-refractivity contribution in [2.75, 3.05) is 13.8 Å². The zero-order valence-electron chi connectivity index (χ0n) is 13.3. The number of urea groups is 1. The van der Waals surface area contributed by atoms with Crippen molar-refractivity contribution < 1.29 is 14.3 Å². The van der Waals surface area contributed by atoms with E-state index in [1.165, 1.54) is 0 Å². The van der Waals surface area contributed by atoms with E-state index in [-0.39, 0.29) is 12.8 Å². The molecule has 1 heterocycles. The van der Waals surface area contributed by atoms with Crippen molar-refractivity contribution in [1.29, 1.82) is 5.26 Å². The van der Waals surface area contributed by atoms with E-state index in [9.17, 15) is 4.79 Å². The summed E-state index contributed by atoms with van der Waals surface area (Å²) < 4.78 is 10.6. The highest BCUT2D eigenvalue weighted by Crippen LogP contribution is 2.32. The van der Waals surface area contributed by atoms with Crippen LogP contribution in [0.2, 0.25) is 0 Å². The van der Waals surface area contributed by atoms with Gasteiger partial charge < -0.3 is 19.7 Å². The Bertz CT molecular complexity index is 781. The van der Waals surface area contributed by atoms with Crippen LogP contribution in [0.3, 0.4) is 0 Å². The van der Waals surface area contributed by atoms with Crippen LogP contribution in [-0.4, -0.2) is 24.8 Å². The normalized spacial score (nSPS) is 11.7. The number of carbonyl (C=O) groups excluding carboxylic acids is 1. The maximum absolute atomic E-state index is 12.2. The smallest absolute Gasteiger partial charge is 0.317 e. The van der Waals surface area contributed by atoms with E-state index >= 15 is 0 Å². The topological polar surface area (TPSA) is 74.6 Å². The lowest BCUT2D eigenvalue weighted by Gasteiger charge is -2.18. The fourth-order valence-corrected chi connectivity index (χ4v) is 2.39. The Balaban J connectivity index is 1.53. The summed E-state index contributed by atoms with van der Waals surface area (Å²) in [6.07, 6.45) is 0. The molecule has 122 valence electrons. The minimum atomic E-state index is -0.169. The summed E-state index contributed by atoms with van der Waals surface area (Å²) in [6, 6.07) is 14.7. The number of fused-ring (bicyclic) bond motifs is 1. The molecule has 0 atom stereocenters. The van der Waals surface area contributed by atoms with Crippen LogP contribution in [0.1, 0.15) is 16.7 Å². The Morgan fingerprint density at radius 1 is 1.17 bits per heavy atom. The second-order valence-corrected chi connectivity index (χ2v) is 5.51. The second kappa shape index (κ2) is 6.92. The molecule has 2 amide bonds. The van der Waals surface area contributed by atoms with E-state index in [0.717, 1.165) is 16.9 Å². The molecule has 0 fully saturated rings. The highest BCUT2D eigenvalue weighted by molar-refractivity contribution is 5.73. The first-order valence-electron chi connectivity index (χ1n) is 7.52. The van der Waals surface area contributed by atoms with Crippen LogP contribution < -0.4 is 14.8 Å². The molecule has 1 aliphatic heterocycles. The molecule has 6 nitrogen and oxygen atoms in total. The maximum atomic E-state index is 12.2. The van der Waals surface area contributed by atoms with Gasteiger partial charge in [0.15, 0.2) is 11.5 Å². The average molecular weight is 323 g/mol. The van der Waals surface area contributed by atoms with Gasteiger partial charge in [0, 0.05) is 20.1 Å². The minimum absolute atomic E-state index is 0.169. The molecule has 0 aromatic heterocycles. The fourth-order valence-electron chi connectivity index (χ4n) is 2.39. The molecular weight excluding hydrogens is 306 g/mol. The lowest BCUT2D eigenvalue weighted by Crippen LogP contribution is -2.36. The molecule has 0 saturated heterocycles. The first kappa shape index (κ1) is 15.7. The first-order chi connectivity index (χ1) is 11.7. The summed E-state index contributed by atoms with van der Waals surface area (Å²) in [4.78, 5) is 13.8. The number of carbonyl (C=O) groups is 1. The van der Waals surface area contributed by atoms with E-state index in [1.807, 2.05) is 30.3 Å². The number of hydrogen-bond acceptors (Lipinski definition) is 4. The largest absolute Gasteiger partial charge is 0.454 e. The number of nitrogens with one attached hydrogen (secondary N) is 1. The molecule has 0 saturated carbocycles. The predicted molar refractivity (Wildman–Crippen MR) is 87.4 cm³/mol. The molecule has 1 aliphatic rings. The van der Waals surface area contributed by atoms with Gasteiger partial charge >= 0.3 is 6.03 Å². The molecule has 0 bridgehead atoms. The van der Waals surface area contributed by atoms with Crippen molar-refractivity contribution >= 4 is 6.03 Å². The van der Waals surface area contributed by atoms with Crippen LogP contribution in [0.5, 0.6) is 11.5 Å². The van der Waals surface area contributed by atoms with Crippen LogP contribution in [0.15, 0.2) is 42.5 Å². The zero-order valence-corrected chi connectivity index (χ0v) is 13.3. The predicted octanol–water partition coefficient (Wildman–Crippen LogP) is 2.63. The molecule has 2 aromatic rings. The van der Waals surface area contributed by atoms with Gasteiger partial charge in [-0.25, -0.2) is 4.79 Å². The van der Waals surface area contributed by atoms with Crippen molar-refractivity contribution in [1.82, 2.24) is 10.2 Å². The van der Waals surface area contributed by atoms with Gasteiger partial charge in [-0.2, -0.15) is 5.26 Å². The van der Waals surface area contributed by atoms with Gasteiger partial charge in [-0.05, 0) is 35.4 Å². The monoisotopic (exact) mass is 323 g/mol. The number of nitriles is 1. The SMILES string of the molecule is CN(Cc1ccc(C#N)cc1)C(=O)NCc1ccc2c(c1)OCO2. The minimum Gasteiger partial charge on any atom is -0.454 e. The van der Waals surface area contributed by atoms with Crippen LogP contribution >= 0.6 is 0 Å². The Hall–Kier alpha value is -3.20. The van der Waals surface area contributed by atoms with E-state index in [1.54, 1.807) is 24.1 Å².